The predicted molar refractivity (Wildman–Crippen MR) is 108 cm³/mol. The number of halogens is 1. The normalized spacial score (nSPS) is 13.5. The molecule has 0 atom stereocenters. The molecule has 0 saturated heterocycles. The molecule has 0 aliphatic heterocycles. The van der Waals surface area contributed by atoms with E-state index in [9.17, 15) is 9.18 Å². The summed E-state index contributed by atoms with van der Waals surface area (Å²) in [6.07, 6.45) is 2.42. The van der Waals surface area contributed by atoms with Crippen molar-refractivity contribution in [2.75, 3.05) is 18.5 Å². The average Bonchev–Trinajstić information content (AvgIpc) is 3.44. The van der Waals surface area contributed by atoms with Crippen LogP contribution in [0.4, 0.5) is 15.8 Å². The average molecular weight is 400 g/mol. The van der Waals surface area contributed by atoms with E-state index in [1.54, 1.807) is 26.0 Å². The van der Waals surface area contributed by atoms with Crippen LogP contribution in [0, 0.1) is 18.7 Å². The number of carbonyl (C=O) groups excluding carboxylic acids is 1. The van der Waals surface area contributed by atoms with E-state index in [-0.39, 0.29) is 12.4 Å². The van der Waals surface area contributed by atoms with Gasteiger partial charge in [0.25, 0.3) is 0 Å². The molecule has 146 valence electrons. The smallest absolute Gasteiger partial charge is 0.350 e. The van der Waals surface area contributed by atoms with E-state index in [0.29, 0.717) is 45.1 Å². The molecule has 0 spiro atoms. The highest BCUT2D eigenvalue weighted by Gasteiger charge is 2.24. The molecular formula is C21H21FN2O3S. The summed E-state index contributed by atoms with van der Waals surface area (Å²) < 4.78 is 24.6. The molecule has 2 heterocycles. The van der Waals surface area contributed by atoms with Crippen molar-refractivity contribution in [3.8, 4) is 5.88 Å². The van der Waals surface area contributed by atoms with Gasteiger partial charge in [0.2, 0.25) is 5.88 Å². The molecule has 28 heavy (non-hydrogen) atoms. The van der Waals surface area contributed by atoms with E-state index >= 15 is 0 Å². The van der Waals surface area contributed by atoms with Gasteiger partial charge in [0.05, 0.1) is 18.9 Å². The van der Waals surface area contributed by atoms with Crippen LogP contribution in [0.2, 0.25) is 0 Å². The first kappa shape index (κ1) is 18.7. The molecule has 1 aromatic carbocycles. The molecule has 0 unspecified atom stereocenters. The molecule has 0 amide bonds. The van der Waals surface area contributed by atoms with Crippen molar-refractivity contribution < 1.29 is 18.7 Å². The number of aromatic nitrogens is 1. The molecule has 1 aliphatic rings. The monoisotopic (exact) mass is 400 g/mol. The number of carbonyl (C=O) groups is 1. The molecule has 7 heteroatoms. The van der Waals surface area contributed by atoms with Crippen LogP contribution < -0.4 is 10.1 Å². The van der Waals surface area contributed by atoms with Crippen molar-refractivity contribution in [2.45, 2.75) is 26.7 Å². The van der Waals surface area contributed by atoms with E-state index in [1.807, 2.05) is 12.1 Å². The number of esters is 1. The highest BCUT2D eigenvalue weighted by atomic mass is 32.1. The standard InChI is InChI=1S/C21H21FN2O3S/c1-3-26-21(25)19-18(23-14-6-8-16(22)12(2)10-14)15-7-9-17(24-20(15)28-19)27-11-13-4-5-13/h6-10,13,23H,3-5,11H2,1-2H3. The summed E-state index contributed by atoms with van der Waals surface area (Å²) in [4.78, 5) is 18.2. The zero-order chi connectivity index (χ0) is 19.7. The van der Waals surface area contributed by atoms with Gasteiger partial charge < -0.3 is 14.8 Å². The van der Waals surface area contributed by atoms with Crippen molar-refractivity contribution in [1.82, 2.24) is 4.98 Å². The first-order chi connectivity index (χ1) is 13.5. The predicted octanol–water partition coefficient (Wildman–Crippen LogP) is 5.45. The lowest BCUT2D eigenvalue weighted by molar-refractivity contribution is 0.0533. The molecule has 1 saturated carbocycles. The fourth-order valence-corrected chi connectivity index (χ4v) is 3.88. The number of fused-ring (bicyclic) bond motifs is 1. The second kappa shape index (κ2) is 7.75. The van der Waals surface area contributed by atoms with E-state index in [4.69, 9.17) is 9.47 Å². The maximum absolute atomic E-state index is 13.6. The lowest BCUT2D eigenvalue weighted by atomic mass is 10.2. The zero-order valence-corrected chi connectivity index (χ0v) is 16.6. The number of benzene rings is 1. The maximum atomic E-state index is 13.6. The Bertz CT molecular complexity index is 1030. The molecule has 1 aliphatic carbocycles. The lowest BCUT2D eigenvalue weighted by Crippen LogP contribution is -2.05. The number of ether oxygens (including phenoxy) is 2. The SMILES string of the molecule is CCOC(=O)c1sc2nc(OCC3CC3)ccc2c1Nc1ccc(F)c(C)c1. The van der Waals surface area contributed by atoms with Gasteiger partial charge >= 0.3 is 5.97 Å². The van der Waals surface area contributed by atoms with E-state index in [2.05, 4.69) is 10.3 Å². The molecule has 4 rings (SSSR count). The molecular weight excluding hydrogens is 379 g/mol. The fourth-order valence-electron chi connectivity index (χ4n) is 2.86. The first-order valence-electron chi connectivity index (χ1n) is 9.31. The minimum absolute atomic E-state index is 0.273. The van der Waals surface area contributed by atoms with Gasteiger partial charge in [-0.1, -0.05) is 0 Å². The third-order valence-electron chi connectivity index (χ3n) is 4.58. The zero-order valence-electron chi connectivity index (χ0n) is 15.8. The molecule has 1 fully saturated rings. The summed E-state index contributed by atoms with van der Waals surface area (Å²) in [6, 6.07) is 8.45. The van der Waals surface area contributed by atoms with Crippen LogP contribution in [0.3, 0.4) is 0 Å². The Morgan fingerprint density at radius 3 is 2.86 bits per heavy atom. The van der Waals surface area contributed by atoms with Gasteiger partial charge in [-0.3, -0.25) is 0 Å². The number of hydrogen-bond donors (Lipinski definition) is 1. The van der Waals surface area contributed by atoms with Gasteiger partial charge in [0.15, 0.2) is 0 Å². The summed E-state index contributed by atoms with van der Waals surface area (Å²) >= 11 is 1.26. The third-order valence-corrected chi connectivity index (χ3v) is 5.66. The highest BCUT2D eigenvalue weighted by Crippen LogP contribution is 2.38. The van der Waals surface area contributed by atoms with E-state index in [0.717, 1.165) is 5.39 Å². The number of pyridine rings is 1. The topological polar surface area (TPSA) is 60.5 Å². The van der Waals surface area contributed by atoms with Crippen molar-refractivity contribution in [2.24, 2.45) is 5.92 Å². The Morgan fingerprint density at radius 2 is 2.14 bits per heavy atom. The van der Waals surface area contributed by atoms with Crippen LogP contribution in [0.15, 0.2) is 30.3 Å². The van der Waals surface area contributed by atoms with Crippen LogP contribution in [0.5, 0.6) is 5.88 Å². The molecule has 0 bridgehead atoms. The van der Waals surface area contributed by atoms with Crippen molar-refractivity contribution in [3.63, 3.8) is 0 Å². The second-order valence-corrected chi connectivity index (χ2v) is 7.87. The van der Waals surface area contributed by atoms with E-state index in [1.165, 1.54) is 30.2 Å². The fraction of sp³-hybridized carbons (Fsp3) is 0.333. The van der Waals surface area contributed by atoms with Crippen LogP contribution in [0.1, 0.15) is 35.0 Å². The van der Waals surface area contributed by atoms with E-state index < -0.39 is 5.97 Å². The number of thiophene rings is 1. The van der Waals surface area contributed by atoms with Gasteiger partial charge in [0.1, 0.15) is 15.5 Å². The van der Waals surface area contributed by atoms with Crippen LogP contribution in [-0.4, -0.2) is 24.2 Å². The molecule has 0 radical (unpaired) electrons. The number of nitrogens with zero attached hydrogens (tertiary/aromatic N) is 1. The van der Waals surface area contributed by atoms with Crippen LogP contribution in [-0.2, 0) is 4.74 Å². The Labute approximate surface area is 166 Å². The number of aryl methyl sites for hydroxylation is 1. The summed E-state index contributed by atoms with van der Waals surface area (Å²) in [5, 5.41) is 4.04. The minimum atomic E-state index is -0.410. The largest absolute Gasteiger partial charge is 0.477 e. The Morgan fingerprint density at radius 1 is 1.32 bits per heavy atom. The number of anilines is 2. The highest BCUT2D eigenvalue weighted by molar-refractivity contribution is 7.21. The number of rotatable bonds is 7. The quantitative estimate of drug-likeness (QED) is 0.534. The summed E-state index contributed by atoms with van der Waals surface area (Å²) in [5.74, 6) is 0.507. The first-order valence-corrected chi connectivity index (χ1v) is 10.1. The second-order valence-electron chi connectivity index (χ2n) is 6.87. The summed E-state index contributed by atoms with van der Waals surface area (Å²) in [5.41, 5.74) is 1.83. The third kappa shape index (κ3) is 3.94. The molecule has 1 N–H and O–H groups in total. The van der Waals surface area contributed by atoms with Crippen LogP contribution >= 0.6 is 11.3 Å². The van der Waals surface area contributed by atoms with Crippen molar-refractivity contribution in [1.29, 1.82) is 0 Å². The summed E-state index contributed by atoms with van der Waals surface area (Å²) in [6.45, 7) is 4.42. The number of nitrogens with one attached hydrogen (secondary N) is 1. The maximum Gasteiger partial charge on any atom is 0.350 e. The van der Waals surface area contributed by atoms with Gasteiger partial charge in [-0.25, -0.2) is 14.2 Å². The van der Waals surface area contributed by atoms with Crippen molar-refractivity contribution >= 4 is 38.9 Å². The Balaban J connectivity index is 1.70. The molecule has 2 aromatic heterocycles. The van der Waals surface area contributed by atoms with Gasteiger partial charge in [0, 0.05) is 17.1 Å². The van der Waals surface area contributed by atoms with Gasteiger partial charge in [-0.15, -0.1) is 11.3 Å². The van der Waals surface area contributed by atoms with Gasteiger partial charge in [-0.05, 0) is 62.4 Å². The van der Waals surface area contributed by atoms with Crippen LogP contribution in [0.25, 0.3) is 10.2 Å². The van der Waals surface area contributed by atoms with Gasteiger partial charge in [-0.2, -0.15) is 0 Å². The number of hydrogen-bond acceptors (Lipinski definition) is 6. The van der Waals surface area contributed by atoms with Crippen molar-refractivity contribution in [3.05, 3.63) is 46.6 Å². The summed E-state index contributed by atoms with van der Waals surface area (Å²) in [7, 11) is 0. The molecule has 3 aromatic rings. The Hall–Kier alpha value is -2.67. The molecule has 5 nitrogen and oxygen atoms in total. The lowest BCUT2D eigenvalue weighted by Gasteiger charge is -2.09. The Kier molecular flexibility index (Phi) is 5.17. The minimum Gasteiger partial charge on any atom is -0.477 e.